The normalized spacial score (nSPS) is 22.7. The molecule has 6 rings (SSSR count). The molecule has 3 aliphatic rings. The van der Waals surface area contributed by atoms with Gasteiger partial charge in [-0.3, -0.25) is 19.4 Å². The van der Waals surface area contributed by atoms with E-state index in [9.17, 15) is 9.59 Å². The Bertz CT molecular complexity index is 1380. The molecule has 1 amide bonds. The first-order valence-electron chi connectivity index (χ1n) is 11.5. The van der Waals surface area contributed by atoms with Crippen molar-refractivity contribution in [2.24, 2.45) is 5.92 Å². The molecule has 2 atom stereocenters. The lowest BCUT2D eigenvalue weighted by Crippen LogP contribution is -2.50. The number of anilines is 1. The summed E-state index contributed by atoms with van der Waals surface area (Å²) in [5.74, 6) is 0.661. The van der Waals surface area contributed by atoms with E-state index in [1.807, 2.05) is 64.1 Å². The zero-order chi connectivity index (χ0) is 23.4. The minimum absolute atomic E-state index is 0.0282. The Kier molecular flexibility index (Phi) is 5.36. The Morgan fingerprint density at radius 1 is 0.912 bits per heavy atom. The second-order valence-corrected chi connectivity index (χ2v) is 10.3. The summed E-state index contributed by atoms with van der Waals surface area (Å²) in [6.07, 6.45) is 3.00. The van der Waals surface area contributed by atoms with Gasteiger partial charge in [0.05, 0.1) is 12.4 Å². The van der Waals surface area contributed by atoms with Crippen LogP contribution in [0.1, 0.15) is 29.2 Å². The second kappa shape index (κ2) is 8.42. The van der Waals surface area contributed by atoms with Crippen LogP contribution in [0.5, 0.6) is 0 Å². The lowest BCUT2D eigenvalue weighted by molar-refractivity contribution is -0.113. The lowest BCUT2D eigenvalue weighted by atomic mass is 9.83. The molecule has 0 radical (unpaired) electrons. The van der Waals surface area contributed by atoms with Gasteiger partial charge in [-0.25, -0.2) is 0 Å². The number of amides is 1. The fraction of sp³-hybridized carbons (Fsp3) is 0.259. The zero-order valence-electron chi connectivity index (χ0n) is 18.5. The number of aromatic nitrogens is 1. The molecule has 2 unspecified atom stereocenters. The number of fused-ring (bicyclic) bond motifs is 5. The van der Waals surface area contributed by atoms with Crippen LogP contribution < -0.4 is 10.5 Å². The smallest absolute Gasteiger partial charge is 0.260 e. The Labute approximate surface area is 207 Å². The van der Waals surface area contributed by atoms with Gasteiger partial charge in [0.2, 0.25) is 0 Å². The first-order chi connectivity index (χ1) is 16.5. The minimum Gasteiger partial charge on any atom is -0.312 e. The molecule has 3 aromatic rings. The second-order valence-electron chi connectivity index (χ2n) is 9.38. The van der Waals surface area contributed by atoms with Crippen LogP contribution in [-0.2, 0) is 11.3 Å². The van der Waals surface area contributed by atoms with Gasteiger partial charge in [-0.05, 0) is 54.3 Å². The molecule has 172 valence electrons. The predicted molar refractivity (Wildman–Crippen MR) is 136 cm³/mol. The molecule has 0 N–H and O–H groups in total. The van der Waals surface area contributed by atoms with E-state index in [-0.39, 0.29) is 11.5 Å². The van der Waals surface area contributed by atoms with Gasteiger partial charge >= 0.3 is 0 Å². The van der Waals surface area contributed by atoms with E-state index in [2.05, 4.69) is 11.0 Å². The van der Waals surface area contributed by atoms with E-state index in [1.54, 1.807) is 6.07 Å². The van der Waals surface area contributed by atoms with Crippen molar-refractivity contribution in [3.05, 3.63) is 97.9 Å². The molecule has 0 spiro atoms. The molecule has 0 saturated carbocycles. The monoisotopic (exact) mass is 491 g/mol. The van der Waals surface area contributed by atoms with Crippen molar-refractivity contribution >= 4 is 46.4 Å². The van der Waals surface area contributed by atoms with Gasteiger partial charge in [-0.1, -0.05) is 47.5 Å². The summed E-state index contributed by atoms with van der Waals surface area (Å²) in [6, 6.07) is 18.6. The molecule has 0 aliphatic carbocycles. The highest BCUT2D eigenvalue weighted by Crippen LogP contribution is 2.41. The van der Waals surface area contributed by atoms with Gasteiger partial charge in [0.1, 0.15) is 0 Å². The largest absolute Gasteiger partial charge is 0.312 e. The highest BCUT2D eigenvalue weighted by molar-refractivity contribution is 6.37. The summed E-state index contributed by atoms with van der Waals surface area (Å²) in [4.78, 5) is 30.1. The average molecular weight is 492 g/mol. The number of carbonyl (C=O) groups excluding carboxylic acids is 1. The maximum Gasteiger partial charge on any atom is 0.260 e. The van der Waals surface area contributed by atoms with Gasteiger partial charge < -0.3 is 4.57 Å². The van der Waals surface area contributed by atoms with Crippen LogP contribution in [0.15, 0.2) is 65.5 Å². The van der Waals surface area contributed by atoms with Crippen LogP contribution in [0.25, 0.3) is 11.6 Å². The van der Waals surface area contributed by atoms with E-state index in [0.717, 1.165) is 48.6 Å². The van der Waals surface area contributed by atoms with E-state index < -0.39 is 0 Å². The van der Waals surface area contributed by atoms with Crippen molar-refractivity contribution in [2.45, 2.75) is 18.9 Å². The average Bonchev–Trinajstić information content (AvgIpc) is 3.06. The molecule has 4 heterocycles. The molecule has 1 saturated heterocycles. The first-order valence-corrected chi connectivity index (χ1v) is 12.2. The molecule has 7 heteroatoms. The topological polar surface area (TPSA) is 45.6 Å². The van der Waals surface area contributed by atoms with Gasteiger partial charge in [-0.15, -0.1) is 0 Å². The molecule has 2 aromatic carbocycles. The quantitative estimate of drug-likeness (QED) is 0.477. The fourth-order valence-electron chi connectivity index (χ4n) is 5.64. The van der Waals surface area contributed by atoms with E-state index in [1.165, 1.54) is 0 Å². The van der Waals surface area contributed by atoms with Gasteiger partial charge in [0.25, 0.3) is 11.5 Å². The highest BCUT2D eigenvalue weighted by atomic mass is 35.5. The standard InChI is InChI=1S/C27H23Cl2N3O2/c28-20-6-4-17(5-7-20)11-23-22-9-8-21(29)12-25(22)32(27(23)34)16-30-13-18-10-19(15-30)24-2-1-3-26(33)31(24)14-18/h1-9,11-12,18-19H,10,13-16H2. The van der Waals surface area contributed by atoms with Crippen molar-refractivity contribution in [2.75, 3.05) is 24.7 Å². The summed E-state index contributed by atoms with van der Waals surface area (Å²) >= 11 is 12.4. The molecule has 3 aliphatic heterocycles. The Morgan fingerprint density at radius 2 is 1.71 bits per heavy atom. The first kappa shape index (κ1) is 21.7. The molecule has 1 fully saturated rings. The molecule has 5 nitrogen and oxygen atoms in total. The molecule has 2 bridgehead atoms. The molecule has 1 aromatic heterocycles. The number of piperidine rings is 1. The maximum atomic E-state index is 13.6. The SMILES string of the molecule is O=C1C(=Cc2ccc(Cl)cc2)c2ccc(Cl)cc2N1CN1CC2CC(C1)c1cccc(=O)n1C2. The number of likely N-dealkylation sites (tertiary alicyclic amines) is 1. The third kappa shape index (κ3) is 3.78. The van der Waals surface area contributed by atoms with E-state index >= 15 is 0 Å². The highest BCUT2D eigenvalue weighted by Gasteiger charge is 2.38. The zero-order valence-corrected chi connectivity index (χ0v) is 20.0. The predicted octanol–water partition coefficient (Wildman–Crippen LogP) is 5.12. The van der Waals surface area contributed by atoms with Gasteiger partial charge in [0.15, 0.2) is 0 Å². The van der Waals surface area contributed by atoms with Gasteiger partial charge in [-0.2, -0.15) is 0 Å². The van der Waals surface area contributed by atoms with Crippen molar-refractivity contribution in [1.82, 2.24) is 9.47 Å². The third-order valence-corrected chi connectivity index (χ3v) is 7.58. The van der Waals surface area contributed by atoms with Gasteiger partial charge in [0, 0.05) is 58.5 Å². The number of hydrogen-bond acceptors (Lipinski definition) is 3. The van der Waals surface area contributed by atoms with Crippen molar-refractivity contribution in [1.29, 1.82) is 0 Å². The van der Waals surface area contributed by atoms with E-state index in [0.29, 0.717) is 34.1 Å². The number of pyridine rings is 1. The fourth-order valence-corrected chi connectivity index (χ4v) is 5.93. The molecule has 34 heavy (non-hydrogen) atoms. The third-order valence-electron chi connectivity index (χ3n) is 7.09. The summed E-state index contributed by atoms with van der Waals surface area (Å²) in [5, 5.41) is 1.27. The number of hydrogen-bond donors (Lipinski definition) is 0. The van der Waals surface area contributed by atoms with Crippen molar-refractivity contribution < 1.29 is 4.79 Å². The van der Waals surface area contributed by atoms with Crippen LogP contribution in [0.4, 0.5) is 5.69 Å². The summed E-state index contributed by atoms with van der Waals surface area (Å²) in [7, 11) is 0. The minimum atomic E-state index is -0.0282. The number of nitrogens with zero attached hydrogens (tertiary/aromatic N) is 3. The van der Waals surface area contributed by atoms with E-state index in [4.69, 9.17) is 23.2 Å². The summed E-state index contributed by atoms with van der Waals surface area (Å²) in [5.41, 5.74) is 4.49. The Balaban J connectivity index is 1.31. The number of carbonyl (C=O) groups is 1. The number of benzene rings is 2. The lowest BCUT2D eigenvalue weighted by Gasteiger charge is -2.43. The molecular formula is C27H23Cl2N3O2. The van der Waals surface area contributed by atoms with Crippen molar-refractivity contribution in [3.8, 4) is 0 Å². The summed E-state index contributed by atoms with van der Waals surface area (Å²) < 4.78 is 1.93. The number of halogens is 2. The van der Waals surface area contributed by atoms with Crippen LogP contribution in [-0.4, -0.2) is 35.1 Å². The van der Waals surface area contributed by atoms with Crippen LogP contribution in [0, 0.1) is 5.92 Å². The van der Waals surface area contributed by atoms with Crippen LogP contribution in [0.2, 0.25) is 10.0 Å². The molecular weight excluding hydrogens is 469 g/mol. The van der Waals surface area contributed by atoms with Crippen LogP contribution >= 0.6 is 23.2 Å². The van der Waals surface area contributed by atoms with Crippen LogP contribution in [0.3, 0.4) is 0 Å². The Morgan fingerprint density at radius 3 is 2.53 bits per heavy atom. The Hall–Kier alpha value is -2.86. The summed E-state index contributed by atoms with van der Waals surface area (Å²) in [6.45, 7) is 2.90. The maximum absolute atomic E-state index is 13.6. The number of rotatable bonds is 3. The van der Waals surface area contributed by atoms with Crippen molar-refractivity contribution in [3.63, 3.8) is 0 Å².